The molecule has 0 fully saturated rings. The normalized spacial score (nSPS) is 16.2. The standard InChI is InChI=1S/C46H30N4O/c1-3-13-29(14-4-1)38-27-39(30-23-24-35-34-19-9-12-22-44(34)51-45(35)25-30)48-46(47-38)50-41-21-11-8-18-33(41)37-26-36-32-17-7-10-20-40(32)49(42(36)28-43(37)50)31-15-5-2-6-16-31/h1-28,34,44H. The summed E-state index contributed by atoms with van der Waals surface area (Å²) in [5.74, 6) is 1.77. The van der Waals surface area contributed by atoms with E-state index in [1.807, 2.05) is 6.07 Å². The molecule has 2 atom stereocenters. The predicted molar refractivity (Wildman–Crippen MR) is 207 cm³/mol. The molecule has 1 aliphatic carbocycles. The number of fused-ring (bicyclic) bond motifs is 9. The lowest BCUT2D eigenvalue weighted by atomic mass is 9.91. The first-order valence-electron chi connectivity index (χ1n) is 17.4. The van der Waals surface area contributed by atoms with Crippen LogP contribution in [-0.4, -0.2) is 25.2 Å². The van der Waals surface area contributed by atoms with Crippen LogP contribution in [0.25, 0.3) is 77.8 Å². The zero-order valence-electron chi connectivity index (χ0n) is 27.5. The fourth-order valence-electron chi connectivity index (χ4n) is 8.14. The molecule has 51 heavy (non-hydrogen) atoms. The molecule has 0 bridgehead atoms. The van der Waals surface area contributed by atoms with E-state index in [1.54, 1.807) is 0 Å². The highest BCUT2D eigenvalue weighted by atomic mass is 16.5. The quantitative estimate of drug-likeness (QED) is 0.190. The third-order valence-corrected chi connectivity index (χ3v) is 10.5. The summed E-state index contributed by atoms with van der Waals surface area (Å²) in [4.78, 5) is 10.7. The van der Waals surface area contributed by atoms with Crippen molar-refractivity contribution in [3.8, 4) is 39.9 Å². The summed E-state index contributed by atoms with van der Waals surface area (Å²) in [6, 6.07) is 51.5. The van der Waals surface area contributed by atoms with Gasteiger partial charge in [-0.05, 0) is 54.6 Å². The van der Waals surface area contributed by atoms with E-state index in [0.29, 0.717) is 5.95 Å². The third-order valence-electron chi connectivity index (χ3n) is 10.5. The van der Waals surface area contributed by atoms with E-state index in [9.17, 15) is 0 Å². The average Bonchev–Trinajstić information content (AvgIpc) is 3.84. The largest absolute Gasteiger partial charge is 0.485 e. The highest BCUT2D eigenvalue weighted by Gasteiger charge is 2.32. The van der Waals surface area contributed by atoms with Gasteiger partial charge in [-0.2, -0.15) is 0 Å². The Kier molecular flexibility index (Phi) is 6.01. The summed E-state index contributed by atoms with van der Waals surface area (Å²) in [7, 11) is 0. The molecule has 1 aliphatic heterocycles. The predicted octanol–water partition coefficient (Wildman–Crippen LogP) is 11.0. The van der Waals surface area contributed by atoms with Crippen LogP contribution >= 0.6 is 0 Å². The number of rotatable bonds is 4. The van der Waals surface area contributed by atoms with Crippen LogP contribution in [0.3, 0.4) is 0 Å². The van der Waals surface area contributed by atoms with E-state index in [1.165, 1.54) is 27.2 Å². The summed E-state index contributed by atoms with van der Waals surface area (Å²) < 4.78 is 11.0. The van der Waals surface area contributed by atoms with E-state index in [4.69, 9.17) is 14.7 Å². The van der Waals surface area contributed by atoms with Crippen LogP contribution in [0.1, 0.15) is 11.5 Å². The van der Waals surface area contributed by atoms with Crippen molar-refractivity contribution in [2.24, 2.45) is 0 Å². The maximum Gasteiger partial charge on any atom is 0.235 e. The Hall–Kier alpha value is -6.72. The maximum atomic E-state index is 6.43. The molecule has 9 aromatic rings. The molecule has 0 spiro atoms. The first-order chi connectivity index (χ1) is 25.3. The minimum atomic E-state index is 0.0296. The number of para-hydroxylation sites is 3. The lowest BCUT2D eigenvalue weighted by molar-refractivity contribution is 0.269. The Balaban J connectivity index is 1.19. The van der Waals surface area contributed by atoms with Crippen molar-refractivity contribution >= 4 is 43.6 Å². The number of hydrogen-bond donors (Lipinski definition) is 0. The first kappa shape index (κ1) is 28.2. The molecule has 0 radical (unpaired) electrons. The Labute approximate surface area is 294 Å². The van der Waals surface area contributed by atoms with Crippen LogP contribution in [0.15, 0.2) is 170 Å². The third kappa shape index (κ3) is 4.28. The van der Waals surface area contributed by atoms with Gasteiger partial charge in [0.2, 0.25) is 5.95 Å². The molecule has 5 nitrogen and oxygen atoms in total. The van der Waals surface area contributed by atoms with E-state index in [0.717, 1.165) is 55.9 Å². The highest BCUT2D eigenvalue weighted by Crippen LogP contribution is 2.44. The monoisotopic (exact) mass is 654 g/mol. The summed E-state index contributed by atoms with van der Waals surface area (Å²) in [5, 5.41) is 4.77. The lowest BCUT2D eigenvalue weighted by Crippen LogP contribution is -2.15. The van der Waals surface area contributed by atoms with Crippen LogP contribution < -0.4 is 4.74 Å². The Morgan fingerprint density at radius 2 is 1.10 bits per heavy atom. The molecule has 0 N–H and O–H groups in total. The van der Waals surface area contributed by atoms with Gasteiger partial charge in [-0.25, -0.2) is 9.97 Å². The number of hydrogen-bond acceptors (Lipinski definition) is 3. The van der Waals surface area contributed by atoms with Crippen molar-refractivity contribution in [1.82, 2.24) is 19.1 Å². The van der Waals surface area contributed by atoms with Gasteiger partial charge < -0.3 is 9.30 Å². The van der Waals surface area contributed by atoms with Crippen molar-refractivity contribution in [3.63, 3.8) is 0 Å². The fourth-order valence-corrected chi connectivity index (χ4v) is 8.14. The summed E-state index contributed by atoms with van der Waals surface area (Å²) >= 11 is 0. The van der Waals surface area contributed by atoms with Gasteiger partial charge in [0.15, 0.2) is 0 Å². The van der Waals surface area contributed by atoms with Gasteiger partial charge in [-0.1, -0.05) is 115 Å². The van der Waals surface area contributed by atoms with Gasteiger partial charge in [-0.15, -0.1) is 0 Å². The molecular weight excluding hydrogens is 625 g/mol. The number of aromatic nitrogens is 4. The van der Waals surface area contributed by atoms with Crippen molar-refractivity contribution in [1.29, 1.82) is 0 Å². The van der Waals surface area contributed by atoms with Crippen LogP contribution in [0, 0.1) is 0 Å². The van der Waals surface area contributed by atoms with Crippen molar-refractivity contribution in [2.75, 3.05) is 0 Å². The first-order valence-corrected chi connectivity index (χ1v) is 17.4. The van der Waals surface area contributed by atoms with Crippen LogP contribution in [0.5, 0.6) is 5.75 Å². The molecule has 0 saturated carbocycles. The minimum Gasteiger partial charge on any atom is -0.485 e. The Morgan fingerprint density at radius 3 is 1.86 bits per heavy atom. The van der Waals surface area contributed by atoms with Crippen molar-refractivity contribution in [2.45, 2.75) is 12.0 Å². The summed E-state index contributed by atoms with van der Waals surface area (Å²) in [6.07, 6.45) is 8.56. The van der Waals surface area contributed by atoms with E-state index in [2.05, 4.69) is 173 Å². The van der Waals surface area contributed by atoms with Gasteiger partial charge in [0.25, 0.3) is 0 Å². The molecule has 4 heterocycles. The minimum absolute atomic E-state index is 0.0296. The molecular formula is C46H30N4O. The second-order valence-electron chi connectivity index (χ2n) is 13.4. The molecule has 2 unspecified atom stereocenters. The van der Waals surface area contributed by atoms with Crippen molar-refractivity contribution < 1.29 is 4.74 Å². The van der Waals surface area contributed by atoms with Crippen LogP contribution in [0.2, 0.25) is 0 Å². The van der Waals surface area contributed by atoms with Gasteiger partial charge in [-0.3, -0.25) is 4.57 Å². The second kappa shape index (κ2) is 10.9. The molecule has 3 aromatic heterocycles. The number of ether oxygens (including phenoxy) is 1. The summed E-state index contributed by atoms with van der Waals surface area (Å²) in [6.45, 7) is 0. The molecule has 240 valence electrons. The Morgan fingerprint density at radius 1 is 0.471 bits per heavy atom. The molecule has 6 aromatic carbocycles. The number of nitrogens with zero attached hydrogens (tertiary/aromatic N) is 4. The second-order valence-corrected chi connectivity index (χ2v) is 13.4. The molecule has 5 heteroatoms. The number of benzene rings is 6. The average molecular weight is 655 g/mol. The number of allylic oxidation sites excluding steroid dienone is 2. The smallest absolute Gasteiger partial charge is 0.235 e. The van der Waals surface area contributed by atoms with E-state index >= 15 is 0 Å². The summed E-state index contributed by atoms with van der Waals surface area (Å²) in [5.41, 5.74) is 10.5. The zero-order valence-corrected chi connectivity index (χ0v) is 27.5. The van der Waals surface area contributed by atoms with E-state index < -0.39 is 0 Å². The molecule has 0 amide bonds. The highest BCUT2D eigenvalue weighted by molar-refractivity contribution is 6.19. The van der Waals surface area contributed by atoms with Crippen LogP contribution in [0.4, 0.5) is 0 Å². The lowest BCUT2D eigenvalue weighted by Gasteiger charge is -2.13. The Bertz CT molecular complexity index is 2900. The fraction of sp³-hybridized carbons (Fsp3) is 0.0435. The van der Waals surface area contributed by atoms with E-state index in [-0.39, 0.29) is 12.0 Å². The van der Waals surface area contributed by atoms with Gasteiger partial charge in [0.1, 0.15) is 11.9 Å². The molecule has 0 saturated heterocycles. The SMILES string of the molecule is C1=CC2Oc3cc(-c4cc(-c5ccccc5)nc(-n5c6ccccc6c6cc7c8ccccc8n(-c8ccccc8)c7cc65)n4)ccc3C2C=C1. The molecule has 2 aliphatic rings. The van der Waals surface area contributed by atoms with Gasteiger partial charge in [0.05, 0.1) is 33.5 Å². The maximum absolute atomic E-state index is 6.43. The van der Waals surface area contributed by atoms with Gasteiger partial charge in [0, 0.05) is 49.8 Å². The molecule has 11 rings (SSSR count). The topological polar surface area (TPSA) is 44.9 Å². The van der Waals surface area contributed by atoms with Crippen LogP contribution in [-0.2, 0) is 0 Å². The zero-order chi connectivity index (χ0) is 33.5. The van der Waals surface area contributed by atoms with Gasteiger partial charge >= 0.3 is 0 Å². The van der Waals surface area contributed by atoms with Crippen molar-refractivity contribution in [3.05, 3.63) is 175 Å².